The van der Waals surface area contributed by atoms with Gasteiger partial charge in [0.05, 0.1) is 34.7 Å². The first-order chi connectivity index (χ1) is 11.0. The predicted octanol–water partition coefficient (Wildman–Crippen LogP) is -1.38. The summed E-state index contributed by atoms with van der Waals surface area (Å²) in [4.78, 5) is 33.5. The quantitative estimate of drug-likeness (QED) is 0.215. The molecule has 9 nitrogen and oxygen atoms in total. The SMILES string of the molecule is COC(=O)/C=C/C(=O)OCC(O)COC(=O)C[C@@H](O)C[N+](C)(C)C. The zero-order valence-corrected chi connectivity index (χ0v) is 14.4. The molecule has 2 atom stereocenters. The largest absolute Gasteiger partial charge is 0.466 e. The molecule has 0 aliphatic heterocycles. The number of hydrogen-bond acceptors (Lipinski definition) is 8. The van der Waals surface area contributed by atoms with Crippen molar-refractivity contribution in [2.75, 3.05) is 48.0 Å². The summed E-state index contributed by atoms with van der Waals surface area (Å²) >= 11 is 0. The number of hydrogen-bond donors (Lipinski definition) is 2. The Morgan fingerprint density at radius 1 is 0.958 bits per heavy atom. The normalized spacial score (nSPS) is 14.1. The molecule has 0 aromatic heterocycles. The first kappa shape index (κ1) is 22.0. The van der Waals surface area contributed by atoms with E-state index >= 15 is 0 Å². The third-order valence-electron chi connectivity index (χ3n) is 2.57. The van der Waals surface area contributed by atoms with E-state index in [0.717, 1.165) is 19.3 Å². The fourth-order valence-electron chi connectivity index (χ4n) is 1.62. The van der Waals surface area contributed by atoms with Crippen LogP contribution in [0.25, 0.3) is 0 Å². The Bertz CT molecular complexity index is 455. The number of quaternary nitrogens is 1. The van der Waals surface area contributed by atoms with Gasteiger partial charge in [0.15, 0.2) is 0 Å². The van der Waals surface area contributed by atoms with E-state index in [1.807, 2.05) is 21.1 Å². The molecule has 0 radical (unpaired) electrons. The highest BCUT2D eigenvalue weighted by Gasteiger charge is 2.20. The summed E-state index contributed by atoms with van der Waals surface area (Å²) in [5.41, 5.74) is 0. The van der Waals surface area contributed by atoms with Crippen molar-refractivity contribution in [1.29, 1.82) is 0 Å². The molecule has 0 rings (SSSR count). The highest BCUT2D eigenvalue weighted by Crippen LogP contribution is 2.01. The molecule has 0 aromatic carbocycles. The van der Waals surface area contributed by atoms with Crippen molar-refractivity contribution in [3.8, 4) is 0 Å². The Labute approximate surface area is 141 Å². The summed E-state index contributed by atoms with van der Waals surface area (Å²) < 4.78 is 14.2. The lowest BCUT2D eigenvalue weighted by atomic mass is 10.2. The molecule has 138 valence electrons. The van der Waals surface area contributed by atoms with Gasteiger partial charge in [-0.15, -0.1) is 0 Å². The van der Waals surface area contributed by atoms with Crippen LogP contribution in [0, 0.1) is 0 Å². The minimum absolute atomic E-state index is 0.191. The monoisotopic (exact) mass is 348 g/mol. The molecule has 9 heteroatoms. The average molecular weight is 348 g/mol. The lowest BCUT2D eigenvalue weighted by Gasteiger charge is -2.26. The van der Waals surface area contributed by atoms with Gasteiger partial charge in [0.25, 0.3) is 0 Å². The number of carbonyl (C=O) groups excluding carboxylic acids is 3. The van der Waals surface area contributed by atoms with Crippen LogP contribution in [0.1, 0.15) is 6.42 Å². The van der Waals surface area contributed by atoms with Crippen LogP contribution < -0.4 is 0 Å². The molecule has 0 saturated carbocycles. The van der Waals surface area contributed by atoms with Gasteiger partial charge in [0, 0.05) is 12.2 Å². The van der Waals surface area contributed by atoms with Crippen LogP contribution in [0.3, 0.4) is 0 Å². The highest BCUT2D eigenvalue weighted by atomic mass is 16.6. The minimum Gasteiger partial charge on any atom is -0.466 e. The molecule has 0 aromatic rings. The molecule has 1 unspecified atom stereocenters. The molecule has 0 amide bonds. The van der Waals surface area contributed by atoms with Crippen LogP contribution in [0.5, 0.6) is 0 Å². The fraction of sp³-hybridized carbons (Fsp3) is 0.667. The van der Waals surface area contributed by atoms with Gasteiger partial charge < -0.3 is 28.9 Å². The predicted molar refractivity (Wildman–Crippen MR) is 82.6 cm³/mol. The van der Waals surface area contributed by atoms with Crippen molar-refractivity contribution in [2.45, 2.75) is 18.6 Å². The lowest BCUT2D eigenvalue weighted by molar-refractivity contribution is -0.873. The second-order valence-corrected chi connectivity index (χ2v) is 6.15. The van der Waals surface area contributed by atoms with Crippen molar-refractivity contribution in [2.24, 2.45) is 0 Å². The first-order valence-electron chi connectivity index (χ1n) is 7.28. The molecule has 0 bridgehead atoms. The van der Waals surface area contributed by atoms with Crippen LogP contribution >= 0.6 is 0 Å². The molecule has 0 heterocycles. The Morgan fingerprint density at radius 3 is 2.04 bits per heavy atom. The standard InChI is InChI=1S/C15H26NO8/c1-16(2,3)8-11(17)7-15(21)24-10-12(18)9-23-14(20)6-5-13(19)22-4/h5-6,11-12,17-18H,7-10H2,1-4H3/q+1/b6-5+/t11-,12?/m1/s1. The number of carbonyl (C=O) groups is 3. The number of likely N-dealkylation sites (N-methyl/N-ethyl adjacent to an activating group) is 1. The summed E-state index contributed by atoms with van der Waals surface area (Å²) in [6.45, 7) is -0.398. The highest BCUT2D eigenvalue weighted by molar-refractivity contribution is 5.91. The third kappa shape index (κ3) is 12.6. The maximum atomic E-state index is 11.5. The summed E-state index contributed by atoms with van der Waals surface area (Å²) in [5, 5.41) is 19.3. The number of aliphatic hydroxyl groups excluding tert-OH is 2. The fourth-order valence-corrected chi connectivity index (χ4v) is 1.62. The number of nitrogens with zero attached hydrogens (tertiary/aromatic N) is 1. The third-order valence-corrected chi connectivity index (χ3v) is 2.57. The Morgan fingerprint density at radius 2 is 1.50 bits per heavy atom. The van der Waals surface area contributed by atoms with E-state index in [2.05, 4.69) is 9.47 Å². The number of aliphatic hydroxyl groups is 2. The second kappa shape index (κ2) is 10.7. The van der Waals surface area contributed by atoms with E-state index in [-0.39, 0.29) is 13.0 Å². The van der Waals surface area contributed by atoms with Crippen molar-refractivity contribution in [3.63, 3.8) is 0 Å². The molecule has 0 aliphatic carbocycles. The van der Waals surface area contributed by atoms with Gasteiger partial charge in [-0.2, -0.15) is 0 Å². The average Bonchev–Trinajstić information content (AvgIpc) is 2.46. The van der Waals surface area contributed by atoms with Crippen LogP contribution in [-0.2, 0) is 28.6 Å². The van der Waals surface area contributed by atoms with E-state index in [9.17, 15) is 24.6 Å². The smallest absolute Gasteiger partial charge is 0.331 e. The molecule has 2 N–H and O–H groups in total. The van der Waals surface area contributed by atoms with Gasteiger partial charge in [-0.25, -0.2) is 9.59 Å². The van der Waals surface area contributed by atoms with Gasteiger partial charge in [0.2, 0.25) is 0 Å². The van der Waals surface area contributed by atoms with E-state index < -0.39 is 36.7 Å². The van der Waals surface area contributed by atoms with Gasteiger partial charge in [-0.3, -0.25) is 4.79 Å². The van der Waals surface area contributed by atoms with Gasteiger partial charge >= 0.3 is 17.9 Å². The second-order valence-electron chi connectivity index (χ2n) is 6.15. The summed E-state index contributed by atoms with van der Waals surface area (Å²) in [6, 6.07) is 0. The molecular weight excluding hydrogens is 322 g/mol. The zero-order chi connectivity index (χ0) is 18.8. The van der Waals surface area contributed by atoms with Gasteiger partial charge in [-0.1, -0.05) is 0 Å². The van der Waals surface area contributed by atoms with Crippen LogP contribution in [0.15, 0.2) is 12.2 Å². The molecule has 0 fully saturated rings. The molecule has 0 spiro atoms. The Kier molecular flexibility index (Phi) is 9.86. The summed E-state index contributed by atoms with van der Waals surface area (Å²) in [5.74, 6) is -2.22. The van der Waals surface area contributed by atoms with Crippen molar-refractivity contribution in [1.82, 2.24) is 0 Å². The maximum absolute atomic E-state index is 11.5. The van der Waals surface area contributed by atoms with E-state index in [4.69, 9.17) is 4.74 Å². The lowest BCUT2D eigenvalue weighted by Crippen LogP contribution is -2.42. The number of esters is 3. The Balaban J connectivity index is 3.98. The van der Waals surface area contributed by atoms with Gasteiger partial charge in [0.1, 0.15) is 32.0 Å². The summed E-state index contributed by atoms with van der Waals surface area (Å²) in [6.07, 6.45) is -0.518. The van der Waals surface area contributed by atoms with E-state index in [1.54, 1.807) is 0 Å². The number of ether oxygens (including phenoxy) is 3. The zero-order valence-electron chi connectivity index (χ0n) is 14.4. The number of rotatable bonds is 10. The van der Waals surface area contributed by atoms with E-state index in [0.29, 0.717) is 11.0 Å². The van der Waals surface area contributed by atoms with Crippen LogP contribution in [0.4, 0.5) is 0 Å². The topological polar surface area (TPSA) is 119 Å². The van der Waals surface area contributed by atoms with Crippen LogP contribution in [-0.4, -0.2) is 92.8 Å². The molecule has 24 heavy (non-hydrogen) atoms. The molecule has 0 saturated heterocycles. The van der Waals surface area contributed by atoms with Crippen molar-refractivity contribution in [3.05, 3.63) is 12.2 Å². The first-order valence-corrected chi connectivity index (χ1v) is 7.28. The van der Waals surface area contributed by atoms with Crippen molar-refractivity contribution < 1.29 is 43.3 Å². The molecular formula is C15H26NO8+. The summed E-state index contributed by atoms with van der Waals surface area (Å²) in [7, 11) is 6.79. The Hall–Kier alpha value is -1.97. The van der Waals surface area contributed by atoms with Crippen LogP contribution in [0.2, 0.25) is 0 Å². The van der Waals surface area contributed by atoms with Gasteiger partial charge in [-0.05, 0) is 0 Å². The van der Waals surface area contributed by atoms with Crippen molar-refractivity contribution >= 4 is 17.9 Å². The number of methoxy groups -OCH3 is 1. The van der Waals surface area contributed by atoms with E-state index in [1.165, 1.54) is 0 Å². The molecule has 0 aliphatic rings. The maximum Gasteiger partial charge on any atom is 0.331 e. The minimum atomic E-state index is -1.21.